The Balaban J connectivity index is 3.97. The minimum atomic E-state index is -1.48. The van der Waals surface area contributed by atoms with Crippen LogP contribution in [0.3, 0.4) is 0 Å². The smallest absolute Gasteiger partial charge is 0.318 e. The first-order valence-electron chi connectivity index (χ1n) is 4.16. The van der Waals surface area contributed by atoms with Crippen LogP contribution < -0.4 is 0 Å². The zero-order valence-corrected chi connectivity index (χ0v) is 9.34. The molecule has 0 aliphatic heterocycles. The molecule has 14 heavy (non-hydrogen) atoms. The molecule has 0 aromatic carbocycles. The quantitative estimate of drug-likeness (QED) is 0.691. The van der Waals surface area contributed by atoms with Gasteiger partial charge in [0.05, 0.1) is 0 Å². The Kier molecular flexibility index (Phi) is 5.37. The number of carboxylic acid groups (broad SMARTS) is 1. The molecule has 0 aromatic heterocycles. The molecular weight excluding hydrogens is 206 g/mol. The van der Waals surface area contributed by atoms with Crippen LogP contribution in [-0.4, -0.2) is 51.2 Å². The number of rotatable bonds is 5. The minimum absolute atomic E-state index is 0.102. The molecule has 0 radical (unpaired) electrons. The van der Waals surface area contributed by atoms with Crippen LogP contribution in [0.25, 0.3) is 0 Å². The molecule has 5 nitrogen and oxygen atoms in total. The van der Waals surface area contributed by atoms with E-state index in [1.54, 1.807) is 14.1 Å². The Hall–Kier alpha value is -0.910. The molecule has 6 heteroatoms. The van der Waals surface area contributed by atoms with Gasteiger partial charge in [0.2, 0.25) is 5.91 Å². The minimum Gasteiger partial charge on any atom is -0.480 e. The van der Waals surface area contributed by atoms with Crippen LogP contribution in [0.5, 0.6) is 0 Å². The molecule has 82 valence electrons. The fourth-order valence-corrected chi connectivity index (χ4v) is 1.65. The normalized spacial score (nSPS) is 14.5. The van der Waals surface area contributed by atoms with Crippen LogP contribution in [0.15, 0.2) is 0 Å². The van der Waals surface area contributed by atoms with Gasteiger partial charge in [-0.3, -0.25) is 13.8 Å². The van der Waals surface area contributed by atoms with E-state index in [9.17, 15) is 13.8 Å². The number of nitrogens with zero attached hydrogens (tertiary/aromatic N) is 1. The molecule has 0 rings (SSSR count). The van der Waals surface area contributed by atoms with Gasteiger partial charge in [-0.2, -0.15) is 0 Å². The van der Waals surface area contributed by atoms with Crippen molar-refractivity contribution in [3.8, 4) is 0 Å². The van der Waals surface area contributed by atoms with Gasteiger partial charge < -0.3 is 10.0 Å². The van der Waals surface area contributed by atoms with Gasteiger partial charge >= 0.3 is 5.97 Å². The summed E-state index contributed by atoms with van der Waals surface area (Å²) < 4.78 is 11.3. The summed E-state index contributed by atoms with van der Waals surface area (Å²) >= 11 is 0. The Morgan fingerprint density at radius 1 is 1.43 bits per heavy atom. The topological polar surface area (TPSA) is 74.7 Å². The number of hydrogen-bond donors (Lipinski definition) is 1. The second kappa shape index (κ2) is 5.74. The van der Waals surface area contributed by atoms with E-state index in [2.05, 4.69) is 0 Å². The molecule has 0 bridgehead atoms. The van der Waals surface area contributed by atoms with Crippen molar-refractivity contribution in [2.75, 3.05) is 19.8 Å². The third-order valence-corrected chi connectivity index (χ3v) is 3.35. The van der Waals surface area contributed by atoms with E-state index in [1.165, 1.54) is 11.8 Å². The van der Waals surface area contributed by atoms with Gasteiger partial charge in [-0.1, -0.05) is 0 Å². The van der Waals surface area contributed by atoms with Crippen molar-refractivity contribution >= 4 is 22.7 Å². The summed E-state index contributed by atoms with van der Waals surface area (Å²) in [6.07, 6.45) is 0.122. The monoisotopic (exact) mass is 221 g/mol. The van der Waals surface area contributed by atoms with Crippen molar-refractivity contribution in [3.63, 3.8) is 0 Å². The number of amides is 1. The maximum atomic E-state index is 11.3. The average Bonchev–Trinajstić information content (AvgIpc) is 2.11. The van der Waals surface area contributed by atoms with Crippen LogP contribution in [0.2, 0.25) is 0 Å². The number of carbonyl (C=O) groups excluding carboxylic acids is 1. The highest BCUT2D eigenvalue weighted by molar-refractivity contribution is 7.86. The molecular formula is C8H15NO4S. The third kappa shape index (κ3) is 4.36. The van der Waals surface area contributed by atoms with Crippen LogP contribution >= 0.6 is 0 Å². The van der Waals surface area contributed by atoms with E-state index in [0.717, 1.165) is 0 Å². The predicted octanol–water partition coefficient (Wildman–Crippen LogP) is -0.313. The molecule has 0 fully saturated rings. The van der Waals surface area contributed by atoms with Crippen molar-refractivity contribution in [1.82, 2.24) is 4.90 Å². The third-order valence-electron chi connectivity index (χ3n) is 1.76. The molecule has 0 spiro atoms. The highest BCUT2D eigenvalue weighted by Gasteiger charge is 2.19. The van der Waals surface area contributed by atoms with Gasteiger partial charge in [0, 0.05) is 37.1 Å². The summed E-state index contributed by atoms with van der Waals surface area (Å²) in [7, 11) is 1.73. The number of hydrogen-bond acceptors (Lipinski definition) is 3. The first-order valence-corrected chi connectivity index (χ1v) is 5.54. The second-order valence-corrected chi connectivity index (χ2v) is 4.98. The predicted molar refractivity (Wildman–Crippen MR) is 53.4 cm³/mol. The molecule has 0 saturated heterocycles. The fraction of sp³-hybridized carbons (Fsp3) is 0.750. The lowest BCUT2D eigenvalue weighted by atomic mass is 10.4. The summed E-state index contributed by atoms with van der Waals surface area (Å²) in [5.41, 5.74) is 0. The van der Waals surface area contributed by atoms with Crippen molar-refractivity contribution in [3.05, 3.63) is 0 Å². The van der Waals surface area contributed by atoms with Crippen molar-refractivity contribution in [2.45, 2.75) is 18.6 Å². The van der Waals surface area contributed by atoms with E-state index in [4.69, 9.17) is 5.11 Å². The lowest BCUT2D eigenvalue weighted by Gasteiger charge is -2.10. The summed E-state index contributed by atoms with van der Waals surface area (Å²) in [4.78, 5) is 22.9. The Bertz CT molecular complexity index is 252. The van der Waals surface area contributed by atoms with Crippen LogP contribution in [0.4, 0.5) is 0 Å². The van der Waals surface area contributed by atoms with Gasteiger partial charge in [-0.25, -0.2) is 0 Å². The Labute approximate surface area is 85.5 Å². The molecule has 0 heterocycles. The maximum absolute atomic E-state index is 11.3. The maximum Gasteiger partial charge on any atom is 0.318 e. The number of carboxylic acids is 1. The van der Waals surface area contributed by atoms with Crippen molar-refractivity contribution in [1.29, 1.82) is 0 Å². The average molecular weight is 221 g/mol. The first kappa shape index (κ1) is 13.1. The summed E-state index contributed by atoms with van der Waals surface area (Å²) in [6.45, 7) is 1.37. The van der Waals surface area contributed by atoms with E-state index < -0.39 is 22.0 Å². The van der Waals surface area contributed by atoms with E-state index >= 15 is 0 Å². The lowest BCUT2D eigenvalue weighted by Crippen LogP contribution is -2.28. The number of carbonyl (C=O) groups is 2. The van der Waals surface area contributed by atoms with E-state index in [1.807, 2.05) is 0 Å². The van der Waals surface area contributed by atoms with Crippen molar-refractivity contribution in [2.24, 2.45) is 0 Å². The van der Waals surface area contributed by atoms with Crippen LogP contribution in [0, 0.1) is 0 Å². The largest absolute Gasteiger partial charge is 0.480 e. The molecule has 2 unspecified atom stereocenters. The second-order valence-electron chi connectivity index (χ2n) is 3.10. The fourth-order valence-electron chi connectivity index (χ4n) is 0.701. The molecule has 0 aliphatic rings. The first-order chi connectivity index (χ1) is 6.36. The van der Waals surface area contributed by atoms with Gasteiger partial charge in [-0.05, 0) is 6.92 Å². The summed E-state index contributed by atoms with van der Waals surface area (Å²) in [6, 6.07) is 0. The molecule has 0 aliphatic carbocycles. The molecule has 0 saturated carbocycles. The van der Waals surface area contributed by atoms with Gasteiger partial charge in [-0.15, -0.1) is 0 Å². The van der Waals surface area contributed by atoms with Gasteiger partial charge in [0.1, 0.15) is 5.25 Å². The Morgan fingerprint density at radius 3 is 2.29 bits per heavy atom. The summed E-state index contributed by atoms with van der Waals surface area (Å²) in [5, 5.41) is 7.63. The summed E-state index contributed by atoms with van der Waals surface area (Å²) in [5.74, 6) is -1.14. The van der Waals surface area contributed by atoms with E-state index in [-0.39, 0.29) is 18.1 Å². The standard InChI is InChI=1S/C8H15NO4S/c1-6(8(11)12)14(13)5-4-7(10)9(2)3/h6H,4-5H2,1-3H3,(H,11,12). The molecule has 0 aromatic rings. The zero-order chi connectivity index (χ0) is 11.3. The zero-order valence-electron chi connectivity index (χ0n) is 8.52. The number of aliphatic carboxylic acids is 1. The Morgan fingerprint density at radius 2 is 1.93 bits per heavy atom. The van der Waals surface area contributed by atoms with E-state index in [0.29, 0.717) is 0 Å². The highest BCUT2D eigenvalue weighted by Crippen LogP contribution is 1.99. The van der Waals surface area contributed by atoms with Gasteiger partial charge in [0.15, 0.2) is 0 Å². The SMILES string of the molecule is CC(C(=O)O)S(=O)CCC(=O)N(C)C. The van der Waals surface area contributed by atoms with Crippen molar-refractivity contribution < 1.29 is 18.9 Å². The highest BCUT2D eigenvalue weighted by atomic mass is 32.2. The van der Waals surface area contributed by atoms with Gasteiger partial charge in [0.25, 0.3) is 0 Å². The lowest BCUT2D eigenvalue weighted by molar-refractivity contribution is -0.136. The van der Waals surface area contributed by atoms with Crippen LogP contribution in [0.1, 0.15) is 13.3 Å². The molecule has 1 amide bonds. The molecule has 2 atom stereocenters. The molecule has 1 N–H and O–H groups in total. The van der Waals surface area contributed by atoms with Crippen LogP contribution in [-0.2, 0) is 20.4 Å².